The number of ketones is 1. The summed E-state index contributed by atoms with van der Waals surface area (Å²) in [7, 11) is 0. The van der Waals surface area contributed by atoms with E-state index >= 15 is 0 Å². The van der Waals surface area contributed by atoms with Crippen molar-refractivity contribution in [3.63, 3.8) is 0 Å². The highest BCUT2D eigenvalue weighted by molar-refractivity contribution is 8.03. The van der Waals surface area contributed by atoms with E-state index in [2.05, 4.69) is 30.6 Å². The number of aliphatic carboxylic acids is 1. The number of hydrogen-bond donors (Lipinski definition) is 3. The van der Waals surface area contributed by atoms with E-state index in [9.17, 15) is 24.3 Å². The molecule has 234 valence electrons. The Bertz CT molecular complexity index is 1290. The minimum absolute atomic E-state index is 0.0214. The molecule has 1 aromatic heterocycles. The van der Waals surface area contributed by atoms with Gasteiger partial charge in [-0.2, -0.15) is 0 Å². The van der Waals surface area contributed by atoms with Crippen LogP contribution in [0.5, 0.6) is 0 Å². The number of carbonyl (C=O) groups excluding carboxylic acids is 3. The number of tetrazole rings is 1. The van der Waals surface area contributed by atoms with Crippen LogP contribution < -0.4 is 11.1 Å². The molecule has 1 aromatic rings. The summed E-state index contributed by atoms with van der Waals surface area (Å²) >= 11 is 1.49. The number of piperidine rings is 1. The Balaban J connectivity index is 1.07. The maximum Gasteiger partial charge on any atom is 0.353 e. The van der Waals surface area contributed by atoms with Gasteiger partial charge in [0.25, 0.3) is 0 Å². The largest absolute Gasteiger partial charge is 0.477 e. The highest BCUT2D eigenvalue weighted by Gasteiger charge is 2.60. The number of thioether (sulfide) groups is 1. The van der Waals surface area contributed by atoms with Crippen LogP contribution in [-0.2, 0) is 25.7 Å². The molecule has 6 rings (SSSR count). The zero-order chi connectivity index (χ0) is 30.4. The normalized spacial score (nSPS) is 33.0. The number of carbonyl (C=O) groups is 4. The second-order valence-electron chi connectivity index (χ2n) is 12.7. The van der Waals surface area contributed by atoms with Crippen molar-refractivity contribution >= 4 is 35.3 Å². The Morgan fingerprint density at radius 3 is 2.79 bits per heavy atom. The van der Waals surface area contributed by atoms with Gasteiger partial charge >= 0.3 is 5.97 Å². The van der Waals surface area contributed by atoms with Gasteiger partial charge in [-0.3, -0.25) is 14.4 Å². The summed E-state index contributed by atoms with van der Waals surface area (Å²) in [6.07, 6.45) is 4.15. The lowest BCUT2D eigenvalue weighted by Crippen LogP contribution is -2.62. The minimum Gasteiger partial charge on any atom is -0.477 e. The first kappa shape index (κ1) is 30.2. The van der Waals surface area contributed by atoms with E-state index in [4.69, 9.17) is 5.73 Å². The molecule has 5 aliphatic heterocycles. The summed E-state index contributed by atoms with van der Waals surface area (Å²) in [5.41, 5.74) is 5.81. The molecule has 3 unspecified atom stereocenters. The van der Waals surface area contributed by atoms with E-state index in [1.165, 1.54) is 27.7 Å². The van der Waals surface area contributed by atoms with Crippen LogP contribution in [0.2, 0.25) is 0 Å². The van der Waals surface area contributed by atoms with Gasteiger partial charge in [-0.25, -0.2) is 9.48 Å². The van der Waals surface area contributed by atoms with Gasteiger partial charge < -0.3 is 30.9 Å². The van der Waals surface area contributed by atoms with Crippen LogP contribution in [0.1, 0.15) is 39.5 Å². The third-order valence-electron chi connectivity index (χ3n) is 10.0. The van der Waals surface area contributed by atoms with Crippen LogP contribution in [0, 0.1) is 23.7 Å². The van der Waals surface area contributed by atoms with Gasteiger partial charge in [-0.1, -0.05) is 13.8 Å². The Morgan fingerprint density at radius 1 is 1.26 bits per heavy atom. The SMILES string of the molecule is C[C@@H](CC(=O)Cn1cnnn1)[C@H]1C(=O)N2C(C(=O)O)=C(SC3CN[C@H](C(=O)N4CCC5CN(CCN)CCC54)C3)[C@H](C)[C@H]12. The molecule has 8 atom stereocenters. The second kappa shape index (κ2) is 12.3. The maximum atomic E-state index is 13.6. The third kappa shape index (κ3) is 5.60. The van der Waals surface area contributed by atoms with Crippen LogP contribution >= 0.6 is 11.8 Å². The number of β-lactam (4-membered cyclic amide) rings is 1. The molecule has 43 heavy (non-hydrogen) atoms. The van der Waals surface area contributed by atoms with Crippen LogP contribution in [-0.4, -0.2) is 126 Å². The molecule has 2 amide bonds. The lowest BCUT2D eigenvalue weighted by atomic mass is 9.73. The molecule has 0 radical (unpaired) electrons. The highest BCUT2D eigenvalue weighted by atomic mass is 32.2. The molecule has 15 heteroatoms. The Labute approximate surface area is 254 Å². The van der Waals surface area contributed by atoms with Gasteiger partial charge in [0.1, 0.15) is 18.6 Å². The topological polar surface area (TPSA) is 180 Å². The summed E-state index contributed by atoms with van der Waals surface area (Å²) in [6, 6.07) is -0.309. The van der Waals surface area contributed by atoms with Crippen LogP contribution in [0.3, 0.4) is 0 Å². The first-order valence-corrected chi connectivity index (χ1v) is 16.2. The average Bonchev–Trinajstić information content (AvgIpc) is 3.76. The lowest BCUT2D eigenvalue weighted by Gasteiger charge is -2.47. The summed E-state index contributed by atoms with van der Waals surface area (Å²) in [4.78, 5) is 58.5. The molecule has 6 heterocycles. The molecule has 14 nitrogen and oxygen atoms in total. The minimum atomic E-state index is -1.12. The molecule has 0 bridgehead atoms. The standard InChI is InChI=1S/C28H41N9O5S/c1-15(9-18(38)13-35-14-31-32-33-35)22-23-16(2)25(24(28(41)42)37(23)27(22)40)43-19-10-20(30-11-19)26(39)36-7-3-17-12-34(8-5-29)6-4-21(17)36/h14-17,19-23,30H,3-13,29H2,1-2H3,(H,41,42)/t15-,16+,17?,19?,20-,21?,22+,23+/m0/s1. The molecule has 0 saturated carbocycles. The number of nitrogens with one attached hydrogen (secondary N) is 1. The highest BCUT2D eigenvalue weighted by Crippen LogP contribution is 2.53. The van der Waals surface area contributed by atoms with Crippen LogP contribution in [0.4, 0.5) is 0 Å². The Morgan fingerprint density at radius 2 is 2.07 bits per heavy atom. The van der Waals surface area contributed by atoms with Crippen molar-refractivity contribution in [3.05, 3.63) is 16.9 Å². The number of nitrogens with zero attached hydrogens (tertiary/aromatic N) is 7. The van der Waals surface area contributed by atoms with Gasteiger partial charge in [-0.05, 0) is 41.5 Å². The number of carboxylic acids is 1. The first-order chi connectivity index (χ1) is 20.7. The fourth-order valence-corrected chi connectivity index (χ4v) is 9.51. The Kier molecular flexibility index (Phi) is 8.59. The van der Waals surface area contributed by atoms with Crippen molar-refractivity contribution in [2.75, 3.05) is 39.3 Å². The number of Topliss-reactive ketones (excluding diaryl/α,β-unsaturated/α-hetero) is 1. The summed E-state index contributed by atoms with van der Waals surface area (Å²) in [5.74, 6) is -1.67. The van der Waals surface area contributed by atoms with E-state index in [-0.39, 0.29) is 71.5 Å². The lowest BCUT2D eigenvalue weighted by molar-refractivity contribution is -0.160. The number of fused-ring (bicyclic) bond motifs is 2. The molecule has 0 spiro atoms. The van der Waals surface area contributed by atoms with Crippen LogP contribution in [0.25, 0.3) is 0 Å². The van der Waals surface area contributed by atoms with E-state index in [0.29, 0.717) is 30.3 Å². The van der Waals surface area contributed by atoms with Crippen molar-refractivity contribution in [3.8, 4) is 0 Å². The van der Waals surface area contributed by atoms with Gasteiger partial charge in [0.15, 0.2) is 5.78 Å². The maximum absolute atomic E-state index is 13.6. The Hall–Kier alpha value is -2.88. The first-order valence-electron chi connectivity index (χ1n) is 15.3. The average molecular weight is 616 g/mol. The molecular formula is C28H41N9O5S. The zero-order valence-electron chi connectivity index (χ0n) is 24.7. The number of amides is 2. The fraction of sp³-hybridized carbons (Fsp3) is 0.750. The van der Waals surface area contributed by atoms with E-state index in [1.54, 1.807) is 0 Å². The van der Waals surface area contributed by atoms with Crippen LogP contribution in [0.15, 0.2) is 16.9 Å². The van der Waals surface area contributed by atoms with Crippen molar-refractivity contribution in [1.29, 1.82) is 0 Å². The van der Waals surface area contributed by atoms with E-state index < -0.39 is 11.9 Å². The summed E-state index contributed by atoms with van der Waals surface area (Å²) in [5, 5.41) is 24.4. The molecule has 4 saturated heterocycles. The number of aromatic nitrogens is 4. The van der Waals surface area contributed by atoms with Crippen molar-refractivity contribution < 1.29 is 24.3 Å². The third-order valence-corrected chi connectivity index (χ3v) is 11.5. The predicted molar refractivity (Wildman–Crippen MR) is 156 cm³/mol. The molecule has 0 aromatic carbocycles. The molecule has 4 N–H and O–H groups in total. The number of hydrogen-bond acceptors (Lipinski definition) is 11. The van der Waals surface area contributed by atoms with Gasteiger partial charge in [0, 0.05) is 67.8 Å². The monoisotopic (exact) mass is 615 g/mol. The number of nitrogens with two attached hydrogens (primary N) is 1. The quantitative estimate of drug-likeness (QED) is 0.269. The smallest absolute Gasteiger partial charge is 0.353 e. The molecule has 5 aliphatic rings. The van der Waals surface area contributed by atoms with E-state index in [0.717, 1.165) is 39.0 Å². The number of rotatable bonds is 11. The van der Waals surface area contributed by atoms with E-state index in [1.807, 2.05) is 13.8 Å². The van der Waals surface area contributed by atoms with Crippen molar-refractivity contribution in [2.45, 2.75) is 69.5 Å². The fourth-order valence-electron chi connectivity index (χ4n) is 8.03. The van der Waals surface area contributed by atoms with Gasteiger partial charge in [0.2, 0.25) is 11.8 Å². The van der Waals surface area contributed by atoms with Crippen molar-refractivity contribution in [2.24, 2.45) is 29.4 Å². The predicted octanol–water partition coefficient (Wildman–Crippen LogP) is -0.613. The van der Waals surface area contributed by atoms with Crippen molar-refractivity contribution in [1.82, 2.24) is 40.2 Å². The second-order valence-corrected chi connectivity index (χ2v) is 14.1. The number of likely N-dealkylation sites (tertiary alicyclic amines) is 2. The molecule has 0 aliphatic carbocycles. The summed E-state index contributed by atoms with van der Waals surface area (Å²) in [6.45, 7) is 8.76. The zero-order valence-corrected chi connectivity index (χ0v) is 25.5. The number of carboxylic acid groups (broad SMARTS) is 1. The van der Waals surface area contributed by atoms with Gasteiger partial charge in [-0.15, -0.1) is 16.9 Å². The van der Waals surface area contributed by atoms with Gasteiger partial charge in [0.05, 0.1) is 18.0 Å². The molecular weight excluding hydrogens is 574 g/mol. The molecule has 4 fully saturated rings. The summed E-state index contributed by atoms with van der Waals surface area (Å²) < 4.78 is 1.35.